The molecule has 2 aliphatic carbocycles. The zero-order valence-electron chi connectivity index (χ0n) is 8.80. The minimum atomic E-state index is 0.315. The third-order valence-electron chi connectivity index (χ3n) is 3.03. The van der Waals surface area contributed by atoms with E-state index >= 15 is 0 Å². The van der Waals surface area contributed by atoms with Crippen molar-refractivity contribution in [2.24, 2.45) is 0 Å². The fourth-order valence-corrected chi connectivity index (χ4v) is 2.24. The lowest BCUT2D eigenvalue weighted by Crippen LogP contribution is -2.03. The molecule has 0 aliphatic heterocycles. The van der Waals surface area contributed by atoms with Gasteiger partial charge in [-0.05, 0) is 28.8 Å². The summed E-state index contributed by atoms with van der Waals surface area (Å²) in [6, 6.07) is 5.57. The van der Waals surface area contributed by atoms with Crippen LogP contribution in [0.4, 0.5) is 0 Å². The minimum Gasteiger partial charge on any atom is -0.508 e. The van der Waals surface area contributed by atoms with Crippen LogP contribution in [0.15, 0.2) is 60.2 Å². The maximum Gasteiger partial charge on any atom is 0.116 e. The Balaban J connectivity index is 2.18. The van der Waals surface area contributed by atoms with Gasteiger partial charge in [-0.25, -0.2) is 0 Å². The Bertz CT molecular complexity index is 545. The molecule has 0 heterocycles. The van der Waals surface area contributed by atoms with Crippen molar-refractivity contribution in [2.45, 2.75) is 5.92 Å². The van der Waals surface area contributed by atoms with Crippen LogP contribution in [0, 0.1) is 0 Å². The molecule has 0 bridgehead atoms. The molecular weight excluding hydrogens is 196 g/mol. The van der Waals surface area contributed by atoms with Gasteiger partial charge in [-0.2, -0.15) is 0 Å². The number of allylic oxidation sites excluding steroid dienone is 7. The van der Waals surface area contributed by atoms with Crippen molar-refractivity contribution >= 4 is 6.08 Å². The van der Waals surface area contributed by atoms with E-state index in [1.165, 1.54) is 11.1 Å². The van der Waals surface area contributed by atoms with Crippen molar-refractivity contribution < 1.29 is 5.11 Å². The topological polar surface area (TPSA) is 20.2 Å². The van der Waals surface area contributed by atoms with E-state index < -0.39 is 0 Å². The number of hydrogen-bond acceptors (Lipinski definition) is 1. The summed E-state index contributed by atoms with van der Waals surface area (Å²) in [5.41, 5.74) is 3.66. The number of benzene rings is 1. The van der Waals surface area contributed by atoms with E-state index in [1.807, 2.05) is 18.2 Å². The predicted octanol–water partition coefficient (Wildman–Crippen LogP) is 3.56. The van der Waals surface area contributed by atoms with Gasteiger partial charge < -0.3 is 5.11 Å². The van der Waals surface area contributed by atoms with Crippen molar-refractivity contribution in [3.8, 4) is 5.75 Å². The maximum atomic E-state index is 9.46. The molecule has 0 fully saturated rings. The van der Waals surface area contributed by atoms with E-state index in [1.54, 1.807) is 6.07 Å². The molecule has 1 atom stereocenters. The molecule has 0 amide bonds. The zero-order chi connectivity index (χ0) is 11.0. The molecule has 0 aromatic heterocycles. The third-order valence-corrected chi connectivity index (χ3v) is 3.03. The molecule has 1 nitrogen and oxygen atoms in total. The van der Waals surface area contributed by atoms with E-state index in [-0.39, 0.29) is 0 Å². The van der Waals surface area contributed by atoms with E-state index in [9.17, 15) is 5.11 Å². The molecule has 16 heavy (non-hydrogen) atoms. The average molecular weight is 208 g/mol. The highest BCUT2D eigenvalue weighted by Gasteiger charge is 2.18. The van der Waals surface area contributed by atoms with Crippen LogP contribution in [0.2, 0.25) is 0 Å². The van der Waals surface area contributed by atoms with E-state index in [4.69, 9.17) is 0 Å². The zero-order valence-corrected chi connectivity index (χ0v) is 8.80. The van der Waals surface area contributed by atoms with Crippen LogP contribution in [0.25, 0.3) is 6.08 Å². The van der Waals surface area contributed by atoms with Crippen molar-refractivity contribution in [1.29, 1.82) is 0 Å². The Kier molecular flexibility index (Phi) is 2.03. The van der Waals surface area contributed by atoms with Crippen molar-refractivity contribution in [3.63, 3.8) is 0 Å². The second-order valence-corrected chi connectivity index (χ2v) is 4.06. The molecule has 0 spiro atoms. The Morgan fingerprint density at radius 1 is 1.00 bits per heavy atom. The Morgan fingerprint density at radius 2 is 1.94 bits per heavy atom. The van der Waals surface area contributed by atoms with Crippen LogP contribution >= 0.6 is 0 Å². The van der Waals surface area contributed by atoms with Gasteiger partial charge in [0, 0.05) is 5.92 Å². The molecule has 0 radical (unpaired) electrons. The van der Waals surface area contributed by atoms with E-state index in [2.05, 4.69) is 36.5 Å². The summed E-state index contributed by atoms with van der Waals surface area (Å²) in [5.74, 6) is 0.641. The van der Waals surface area contributed by atoms with Crippen molar-refractivity contribution in [1.82, 2.24) is 0 Å². The van der Waals surface area contributed by atoms with Gasteiger partial charge in [-0.15, -0.1) is 0 Å². The molecule has 0 saturated heterocycles. The van der Waals surface area contributed by atoms with Crippen LogP contribution in [0.3, 0.4) is 0 Å². The van der Waals surface area contributed by atoms with Crippen LogP contribution in [-0.2, 0) is 0 Å². The van der Waals surface area contributed by atoms with Gasteiger partial charge >= 0.3 is 0 Å². The summed E-state index contributed by atoms with van der Waals surface area (Å²) in [6.07, 6.45) is 14.7. The highest BCUT2D eigenvalue weighted by Crippen LogP contribution is 2.36. The summed E-state index contributed by atoms with van der Waals surface area (Å²) in [4.78, 5) is 0. The first kappa shape index (κ1) is 9.22. The third kappa shape index (κ3) is 1.41. The number of phenols is 1. The summed E-state index contributed by atoms with van der Waals surface area (Å²) in [5, 5.41) is 9.46. The molecule has 78 valence electrons. The SMILES string of the molecule is Oc1ccc2c(c1)C=CC1=CC=CC=CC12. The smallest absolute Gasteiger partial charge is 0.116 e. The molecule has 1 heteroatoms. The van der Waals surface area contributed by atoms with Gasteiger partial charge in [0.15, 0.2) is 0 Å². The van der Waals surface area contributed by atoms with E-state index in [0.29, 0.717) is 11.7 Å². The lowest BCUT2D eigenvalue weighted by molar-refractivity contribution is 0.475. The van der Waals surface area contributed by atoms with Gasteiger partial charge in [0.05, 0.1) is 0 Å². The molecule has 0 saturated carbocycles. The maximum absolute atomic E-state index is 9.46. The monoisotopic (exact) mass is 208 g/mol. The fraction of sp³-hybridized carbons (Fsp3) is 0.0667. The minimum absolute atomic E-state index is 0.315. The lowest BCUT2D eigenvalue weighted by atomic mass is 9.83. The Hall–Kier alpha value is -2.02. The molecule has 1 N–H and O–H groups in total. The van der Waals surface area contributed by atoms with E-state index in [0.717, 1.165) is 5.56 Å². The van der Waals surface area contributed by atoms with Crippen LogP contribution < -0.4 is 0 Å². The first-order valence-corrected chi connectivity index (χ1v) is 5.41. The van der Waals surface area contributed by atoms with Gasteiger partial charge in [-0.3, -0.25) is 0 Å². The summed E-state index contributed by atoms with van der Waals surface area (Å²) < 4.78 is 0. The van der Waals surface area contributed by atoms with Crippen molar-refractivity contribution in [3.05, 3.63) is 71.4 Å². The highest BCUT2D eigenvalue weighted by molar-refractivity contribution is 5.67. The lowest BCUT2D eigenvalue weighted by Gasteiger charge is -2.21. The summed E-state index contributed by atoms with van der Waals surface area (Å²) in [7, 11) is 0. The number of rotatable bonds is 0. The number of aromatic hydroxyl groups is 1. The molecule has 3 rings (SSSR count). The van der Waals surface area contributed by atoms with Gasteiger partial charge in [0.2, 0.25) is 0 Å². The molecule has 2 aliphatic rings. The Morgan fingerprint density at radius 3 is 2.88 bits per heavy atom. The molecular formula is C15H12O. The normalized spacial score (nSPS) is 21.0. The Labute approximate surface area is 94.7 Å². The molecule has 1 aromatic carbocycles. The average Bonchev–Trinajstić information content (AvgIpc) is 2.53. The summed E-state index contributed by atoms with van der Waals surface area (Å²) in [6.45, 7) is 0. The van der Waals surface area contributed by atoms with Crippen LogP contribution in [0.5, 0.6) is 5.75 Å². The standard InChI is InChI=1S/C15H12O/c16-13-8-9-15-12(10-13)7-6-11-4-2-1-3-5-14(11)15/h1-10,14,16H. The van der Waals surface area contributed by atoms with Gasteiger partial charge in [0.25, 0.3) is 0 Å². The summed E-state index contributed by atoms with van der Waals surface area (Å²) >= 11 is 0. The fourth-order valence-electron chi connectivity index (χ4n) is 2.24. The first-order chi connectivity index (χ1) is 7.84. The largest absolute Gasteiger partial charge is 0.508 e. The van der Waals surface area contributed by atoms with Crippen LogP contribution in [-0.4, -0.2) is 5.11 Å². The van der Waals surface area contributed by atoms with Crippen molar-refractivity contribution in [2.75, 3.05) is 0 Å². The molecule has 1 unspecified atom stereocenters. The predicted molar refractivity (Wildman–Crippen MR) is 66.2 cm³/mol. The second kappa shape index (κ2) is 3.53. The molecule has 1 aromatic rings. The van der Waals surface area contributed by atoms with Gasteiger partial charge in [-0.1, -0.05) is 48.6 Å². The number of hydrogen-bond donors (Lipinski definition) is 1. The number of fused-ring (bicyclic) bond motifs is 3. The van der Waals surface area contributed by atoms with Crippen LogP contribution in [0.1, 0.15) is 17.0 Å². The number of phenolic OH excluding ortho intramolecular Hbond substituents is 1. The highest BCUT2D eigenvalue weighted by atomic mass is 16.3. The quantitative estimate of drug-likeness (QED) is 0.691. The van der Waals surface area contributed by atoms with Gasteiger partial charge in [0.1, 0.15) is 5.75 Å². The first-order valence-electron chi connectivity index (χ1n) is 5.41. The second-order valence-electron chi connectivity index (χ2n) is 4.06.